The van der Waals surface area contributed by atoms with Crippen LogP contribution in [0.15, 0.2) is 23.1 Å². The van der Waals surface area contributed by atoms with Crippen molar-refractivity contribution in [2.75, 3.05) is 20.7 Å². The van der Waals surface area contributed by atoms with Crippen molar-refractivity contribution in [3.05, 3.63) is 23.1 Å². The largest absolute Gasteiger partial charge is 0.494 e. The summed E-state index contributed by atoms with van der Waals surface area (Å²) in [5, 5.41) is 0. The van der Waals surface area contributed by atoms with E-state index in [0.29, 0.717) is 5.92 Å². The topological polar surface area (TPSA) is 12.5 Å². The lowest BCUT2D eigenvalue weighted by atomic mass is 9.84. The molecule has 0 aliphatic heterocycles. The molecular weight excluding hydrogens is 186 g/mol. The summed E-state index contributed by atoms with van der Waals surface area (Å²) in [5.74, 6) is 1.81. The van der Waals surface area contributed by atoms with E-state index in [0.717, 1.165) is 12.4 Å². The van der Waals surface area contributed by atoms with Crippen LogP contribution >= 0.6 is 0 Å². The summed E-state index contributed by atoms with van der Waals surface area (Å²) in [5.41, 5.74) is 2.99. The van der Waals surface area contributed by atoms with Crippen LogP contribution in [-0.2, 0) is 4.74 Å². The molecule has 0 unspecified atom stereocenters. The number of fused-ring (bicyclic) bond motifs is 1. The van der Waals surface area contributed by atoms with Gasteiger partial charge in [-0.3, -0.25) is 0 Å². The van der Waals surface area contributed by atoms with Gasteiger partial charge in [0.25, 0.3) is 0 Å². The third kappa shape index (κ3) is 1.90. The zero-order valence-electron chi connectivity index (χ0n) is 10.0. The van der Waals surface area contributed by atoms with E-state index in [9.17, 15) is 0 Å². The summed E-state index contributed by atoms with van der Waals surface area (Å²) in [4.78, 5) is 2.24. The molecule has 0 aromatic heterocycles. The van der Waals surface area contributed by atoms with Crippen LogP contribution < -0.4 is 0 Å². The van der Waals surface area contributed by atoms with Gasteiger partial charge in [0.15, 0.2) is 0 Å². The molecule has 0 radical (unpaired) electrons. The predicted octanol–water partition coefficient (Wildman–Crippen LogP) is 2.93. The molecule has 1 fully saturated rings. The number of hydrogen-bond acceptors (Lipinski definition) is 2. The van der Waals surface area contributed by atoms with Crippen LogP contribution in [-0.4, -0.2) is 25.6 Å². The molecule has 84 valence electrons. The van der Waals surface area contributed by atoms with Crippen molar-refractivity contribution >= 4 is 0 Å². The van der Waals surface area contributed by atoms with Crippen molar-refractivity contribution in [1.29, 1.82) is 0 Å². The number of hydrogen-bond donors (Lipinski definition) is 0. The SMILES string of the molecule is CCOC1=C2CCCC[C@H]2C(N(C)C)=C1. The lowest BCUT2D eigenvalue weighted by molar-refractivity contribution is 0.236. The van der Waals surface area contributed by atoms with Gasteiger partial charge in [0.2, 0.25) is 0 Å². The van der Waals surface area contributed by atoms with Gasteiger partial charge in [0.1, 0.15) is 5.76 Å². The highest BCUT2D eigenvalue weighted by molar-refractivity contribution is 5.39. The van der Waals surface area contributed by atoms with E-state index in [2.05, 4.69) is 32.0 Å². The Morgan fingerprint density at radius 3 is 2.87 bits per heavy atom. The minimum atomic E-state index is 0.648. The van der Waals surface area contributed by atoms with Gasteiger partial charge < -0.3 is 9.64 Å². The Labute approximate surface area is 92.6 Å². The highest BCUT2D eigenvalue weighted by Gasteiger charge is 2.31. The smallest absolute Gasteiger partial charge is 0.120 e. The van der Waals surface area contributed by atoms with Crippen molar-refractivity contribution in [2.24, 2.45) is 5.92 Å². The zero-order valence-corrected chi connectivity index (χ0v) is 10.0. The fourth-order valence-corrected chi connectivity index (χ4v) is 2.69. The first-order valence-corrected chi connectivity index (χ1v) is 5.98. The Morgan fingerprint density at radius 2 is 2.20 bits per heavy atom. The molecule has 15 heavy (non-hydrogen) atoms. The van der Waals surface area contributed by atoms with E-state index < -0.39 is 0 Å². The molecule has 0 spiro atoms. The van der Waals surface area contributed by atoms with E-state index in [-0.39, 0.29) is 0 Å². The highest BCUT2D eigenvalue weighted by atomic mass is 16.5. The van der Waals surface area contributed by atoms with Gasteiger partial charge in [-0.25, -0.2) is 0 Å². The van der Waals surface area contributed by atoms with Gasteiger partial charge in [-0.05, 0) is 37.8 Å². The molecule has 0 aromatic carbocycles. The Morgan fingerprint density at radius 1 is 1.40 bits per heavy atom. The van der Waals surface area contributed by atoms with E-state index in [1.807, 2.05) is 0 Å². The van der Waals surface area contributed by atoms with Crippen LogP contribution in [0.5, 0.6) is 0 Å². The first-order chi connectivity index (χ1) is 7.24. The molecule has 0 amide bonds. The molecule has 0 heterocycles. The lowest BCUT2D eigenvalue weighted by Crippen LogP contribution is -2.20. The van der Waals surface area contributed by atoms with Crippen LogP contribution in [0, 0.1) is 5.92 Å². The molecule has 1 atom stereocenters. The minimum Gasteiger partial charge on any atom is -0.494 e. The predicted molar refractivity (Wildman–Crippen MR) is 62.4 cm³/mol. The van der Waals surface area contributed by atoms with E-state index in [1.165, 1.54) is 31.4 Å². The second-order valence-corrected chi connectivity index (χ2v) is 4.58. The highest BCUT2D eigenvalue weighted by Crippen LogP contribution is 2.42. The maximum absolute atomic E-state index is 5.73. The second-order valence-electron chi connectivity index (χ2n) is 4.58. The molecule has 0 bridgehead atoms. The van der Waals surface area contributed by atoms with Crippen molar-refractivity contribution in [2.45, 2.75) is 32.6 Å². The summed E-state index contributed by atoms with van der Waals surface area (Å²) in [7, 11) is 4.26. The molecule has 2 aliphatic carbocycles. The summed E-state index contributed by atoms with van der Waals surface area (Å²) >= 11 is 0. The van der Waals surface area contributed by atoms with Gasteiger partial charge in [-0.15, -0.1) is 0 Å². The molecule has 1 saturated carbocycles. The monoisotopic (exact) mass is 207 g/mol. The average Bonchev–Trinajstić information content (AvgIpc) is 2.59. The Bertz CT molecular complexity index is 302. The zero-order chi connectivity index (χ0) is 10.8. The third-order valence-corrected chi connectivity index (χ3v) is 3.38. The summed E-state index contributed by atoms with van der Waals surface area (Å²) in [6.07, 6.45) is 7.47. The number of ether oxygens (including phenoxy) is 1. The molecule has 0 N–H and O–H groups in total. The van der Waals surface area contributed by atoms with Crippen LogP contribution in [0.1, 0.15) is 32.6 Å². The molecule has 2 heteroatoms. The Kier molecular flexibility index (Phi) is 3.03. The Balaban J connectivity index is 2.23. The van der Waals surface area contributed by atoms with E-state index in [1.54, 1.807) is 5.57 Å². The first kappa shape index (κ1) is 10.6. The van der Waals surface area contributed by atoms with Gasteiger partial charge >= 0.3 is 0 Å². The quantitative estimate of drug-likeness (QED) is 0.705. The molecule has 2 rings (SSSR count). The van der Waals surface area contributed by atoms with Gasteiger partial charge in [0, 0.05) is 25.7 Å². The average molecular weight is 207 g/mol. The Hall–Kier alpha value is -0.920. The summed E-state index contributed by atoms with van der Waals surface area (Å²) in [6, 6.07) is 0. The van der Waals surface area contributed by atoms with E-state index in [4.69, 9.17) is 4.74 Å². The van der Waals surface area contributed by atoms with Crippen molar-refractivity contribution in [1.82, 2.24) is 4.90 Å². The summed E-state index contributed by atoms with van der Waals surface area (Å²) in [6.45, 7) is 2.84. The molecular formula is C13H21NO. The molecule has 2 aliphatic rings. The minimum absolute atomic E-state index is 0.648. The standard InChI is InChI=1S/C13H21NO/c1-4-15-13-9-12(14(2)3)10-7-5-6-8-11(10)13/h9-10H,4-8H2,1-3H3/t10-/m1/s1. The van der Waals surface area contributed by atoms with Crippen LogP contribution in [0.4, 0.5) is 0 Å². The van der Waals surface area contributed by atoms with Gasteiger partial charge in [-0.2, -0.15) is 0 Å². The van der Waals surface area contributed by atoms with Crippen molar-refractivity contribution in [3.63, 3.8) is 0 Å². The molecule has 2 nitrogen and oxygen atoms in total. The van der Waals surface area contributed by atoms with Crippen LogP contribution in [0.2, 0.25) is 0 Å². The molecule has 0 saturated heterocycles. The van der Waals surface area contributed by atoms with Crippen molar-refractivity contribution < 1.29 is 4.74 Å². The molecule has 0 aromatic rings. The van der Waals surface area contributed by atoms with Crippen molar-refractivity contribution in [3.8, 4) is 0 Å². The maximum atomic E-state index is 5.73. The fraction of sp³-hybridized carbons (Fsp3) is 0.692. The normalized spacial score (nSPS) is 25.0. The first-order valence-electron chi connectivity index (χ1n) is 5.98. The third-order valence-electron chi connectivity index (χ3n) is 3.38. The van der Waals surface area contributed by atoms with Crippen LogP contribution in [0.25, 0.3) is 0 Å². The number of allylic oxidation sites excluding steroid dienone is 2. The van der Waals surface area contributed by atoms with Crippen LogP contribution in [0.3, 0.4) is 0 Å². The fourth-order valence-electron chi connectivity index (χ4n) is 2.69. The van der Waals surface area contributed by atoms with Gasteiger partial charge in [-0.1, -0.05) is 6.42 Å². The lowest BCUT2D eigenvalue weighted by Gasteiger charge is -2.27. The maximum Gasteiger partial charge on any atom is 0.120 e. The number of rotatable bonds is 3. The van der Waals surface area contributed by atoms with E-state index >= 15 is 0 Å². The van der Waals surface area contributed by atoms with Gasteiger partial charge in [0.05, 0.1) is 6.61 Å². The number of nitrogens with zero attached hydrogens (tertiary/aromatic N) is 1. The second kappa shape index (κ2) is 4.30. The summed E-state index contributed by atoms with van der Waals surface area (Å²) < 4.78 is 5.73.